The van der Waals surface area contributed by atoms with Gasteiger partial charge in [-0.25, -0.2) is 0 Å². The van der Waals surface area contributed by atoms with Crippen molar-refractivity contribution in [3.05, 3.63) is 46.1 Å². The topological polar surface area (TPSA) is 12.4 Å². The maximum atomic E-state index is 5.93. The minimum Gasteiger partial charge on any atom is -0.257 e. The van der Waals surface area contributed by atoms with Crippen molar-refractivity contribution in [2.45, 2.75) is 20.3 Å². The van der Waals surface area contributed by atoms with Crippen LogP contribution in [0.2, 0.25) is 5.02 Å². The first-order valence-electron chi connectivity index (χ1n) is 4.66. The Kier molecular flexibility index (Phi) is 2.42. The Labute approximate surface area is 89.1 Å². The summed E-state index contributed by atoms with van der Waals surface area (Å²) in [5.41, 5.74) is 4.75. The predicted molar refractivity (Wildman–Crippen MR) is 61.0 cm³/mol. The average molecular weight is 206 g/mol. The van der Waals surface area contributed by atoms with Crippen LogP contribution in [0.25, 0.3) is 0 Å². The van der Waals surface area contributed by atoms with Gasteiger partial charge >= 0.3 is 0 Å². The number of aliphatic imine (C=N–C) groups is 1. The lowest BCUT2D eigenvalue weighted by Crippen LogP contribution is -1.96. The number of allylic oxidation sites excluding steroid dienone is 2. The van der Waals surface area contributed by atoms with Crippen LogP contribution in [0.5, 0.6) is 0 Å². The Balaban J connectivity index is 2.32. The molecule has 2 rings (SSSR count). The van der Waals surface area contributed by atoms with Gasteiger partial charge in [-0.05, 0) is 37.1 Å². The molecule has 0 fully saturated rings. The zero-order chi connectivity index (χ0) is 10.1. The molecule has 0 bridgehead atoms. The van der Waals surface area contributed by atoms with E-state index in [2.05, 4.69) is 18.0 Å². The van der Waals surface area contributed by atoms with Gasteiger partial charge in [-0.3, -0.25) is 4.99 Å². The van der Waals surface area contributed by atoms with E-state index >= 15 is 0 Å². The van der Waals surface area contributed by atoms with E-state index < -0.39 is 0 Å². The van der Waals surface area contributed by atoms with Crippen molar-refractivity contribution in [2.24, 2.45) is 4.99 Å². The van der Waals surface area contributed by atoms with Crippen LogP contribution in [0, 0.1) is 0 Å². The number of benzene rings is 1. The first-order valence-corrected chi connectivity index (χ1v) is 5.04. The molecular formula is C12H12ClN. The Morgan fingerprint density at radius 3 is 2.64 bits per heavy atom. The molecule has 1 aromatic carbocycles. The highest BCUT2D eigenvalue weighted by molar-refractivity contribution is 6.31. The Morgan fingerprint density at radius 2 is 2.07 bits per heavy atom. The predicted octanol–water partition coefficient (Wildman–Crippen LogP) is 3.83. The lowest BCUT2D eigenvalue weighted by atomic mass is 10.1. The Morgan fingerprint density at radius 1 is 1.29 bits per heavy atom. The van der Waals surface area contributed by atoms with Gasteiger partial charge in [0.1, 0.15) is 0 Å². The SMILES string of the molecule is CC1=C(C)N=C(c2cccc(Cl)c2)C1. The second-order valence-corrected chi connectivity index (χ2v) is 4.05. The summed E-state index contributed by atoms with van der Waals surface area (Å²) in [5, 5.41) is 0.771. The number of halogens is 1. The van der Waals surface area contributed by atoms with Gasteiger partial charge in [-0.1, -0.05) is 23.7 Å². The first-order chi connectivity index (χ1) is 6.66. The van der Waals surface area contributed by atoms with Crippen LogP contribution in [-0.4, -0.2) is 5.71 Å². The van der Waals surface area contributed by atoms with Crippen LogP contribution in [0.4, 0.5) is 0 Å². The molecule has 0 radical (unpaired) electrons. The zero-order valence-electron chi connectivity index (χ0n) is 8.34. The molecule has 0 unspecified atom stereocenters. The summed E-state index contributed by atoms with van der Waals surface area (Å²) >= 11 is 5.93. The molecule has 2 heteroatoms. The van der Waals surface area contributed by atoms with E-state index in [4.69, 9.17) is 11.6 Å². The van der Waals surface area contributed by atoms with Gasteiger partial charge in [-0.2, -0.15) is 0 Å². The molecule has 1 aliphatic rings. The van der Waals surface area contributed by atoms with E-state index in [1.165, 1.54) is 5.57 Å². The second kappa shape index (κ2) is 3.58. The van der Waals surface area contributed by atoms with Crippen LogP contribution >= 0.6 is 11.6 Å². The molecule has 0 spiro atoms. The number of hydrogen-bond donors (Lipinski definition) is 0. The van der Waals surface area contributed by atoms with Gasteiger partial charge in [0.2, 0.25) is 0 Å². The van der Waals surface area contributed by atoms with Gasteiger partial charge in [0, 0.05) is 17.1 Å². The third-order valence-electron chi connectivity index (χ3n) is 2.51. The fourth-order valence-corrected chi connectivity index (χ4v) is 1.74. The molecule has 72 valence electrons. The summed E-state index contributed by atoms with van der Waals surface area (Å²) in [6.45, 7) is 4.17. The minimum atomic E-state index is 0.771. The monoisotopic (exact) mass is 205 g/mol. The van der Waals surface area contributed by atoms with Crippen molar-refractivity contribution < 1.29 is 0 Å². The molecule has 0 saturated carbocycles. The maximum absolute atomic E-state index is 5.93. The summed E-state index contributed by atoms with van der Waals surface area (Å²) in [7, 11) is 0. The fraction of sp³-hybridized carbons (Fsp3) is 0.250. The van der Waals surface area contributed by atoms with Crippen LogP contribution in [0.15, 0.2) is 40.5 Å². The van der Waals surface area contributed by atoms with Gasteiger partial charge in [0.05, 0.1) is 5.71 Å². The van der Waals surface area contributed by atoms with Crippen LogP contribution in [0.1, 0.15) is 25.8 Å². The molecule has 0 aromatic heterocycles. The Bertz CT molecular complexity index is 430. The Hall–Kier alpha value is -1.08. The van der Waals surface area contributed by atoms with Crippen LogP contribution in [-0.2, 0) is 0 Å². The van der Waals surface area contributed by atoms with Gasteiger partial charge in [-0.15, -0.1) is 0 Å². The molecule has 0 aliphatic carbocycles. The molecule has 14 heavy (non-hydrogen) atoms. The average Bonchev–Trinajstić information content (AvgIpc) is 2.47. The molecule has 1 aromatic rings. The molecule has 1 heterocycles. The van der Waals surface area contributed by atoms with E-state index in [9.17, 15) is 0 Å². The summed E-state index contributed by atoms with van der Waals surface area (Å²) < 4.78 is 0. The number of nitrogens with zero attached hydrogens (tertiary/aromatic N) is 1. The highest BCUT2D eigenvalue weighted by Crippen LogP contribution is 2.23. The van der Waals surface area contributed by atoms with Crippen molar-refractivity contribution >= 4 is 17.3 Å². The van der Waals surface area contributed by atoms with Crippen molar-refractivity contribution in [1.82, 2.24) is 0 Å². The molecule has 0 N–H and O–H groups in total. The molecule has 0 amide bonds. The summed E-state index contributed by atoms with van der Waals surface area (Å²) in [6.07, 6.45) is 0.951. The zero-order valence-corrected chi connectivity index (χ0v) is 9.10. The smallest absolute Gasteiger partial charge is 0.0520 e. The van der Waals surface area contributed by atoms with Crippen LogP contribution < -0.4 is 0 Å². The second-order valence-electron chi connectivity index (χ2n) is 3.61. The van der Waals surface area contributed by atoms with Crippen molar-refractivity contribution in [3.63, 3.8) is 0 Å². The summed E-state index contributed by atoms with van der Waals surface area (Å²) in [6, 6.07) is 7.86. The highest BCUT2D eigenvalue weighted by Gasteiger charge is 2.12. The molecule has 0 saturated heterocycles. The third-order valence-corrected chi connectivity index (χ3v) is 2.75. The van der Waals surface area contributed by atoms with E-state index in [-0.39, 0.29) is 0 Å². The molecule has 0 atom stereocenters. The first kappa shape index (κ1) is 9.47. The van der Waals surface area contributed by atoms with Crippen LogP contribution in [0.3, 0.4) is 0 Å². The number of rotatable bonds is 1. The minimum absolute atomic E-state index is 0.771. The van der Waals surface area contributed by atoms with Gasteiger partial charge in [0.15, 0.2) is 0 Å². The molecular weight excluding hydrogens is 194 g/mol. The van der Waals surface area contributed by atoms with Gasteiger partial charge < -0.3 is 0 Å². The van der Waals surface area contributed by atoms with E-state index in [1.54, 1.807) is 0 Å². The summed E-state index contributed by atoms with van der Waals surface area (Å²) in [5.74, 6) is 0. The van der Waals surface area contributed by atoms with E-state index in [0.717, 1.165) is 28.4 Å². The standard InChI is InChI=1S/C12H12ClN/c1-8-6-12(14-9(8)2)10-4-3-5-11(13)7-10/h3-5,7H,6H2,1-2H3. The van der Waals surface area contributed by atoms with Crippen molar-refractivity contribution in [2.75, 3.05) is 0 Å². The van der Waals surface area contributed by atoms with Crippen molar-refractivity contribution in [1.29, 1.82) is 0 Å². The fourth-order valence-electron chi connectivity index (χ4n) is 1.55. The lowest BCUT2D eigenvalue weighted by molar-refractivity contribution is 1.22. The largest absolute Gasteiger partial charge is 0.257 e. The van der Waals surface area contributed by atoms with E-state index in [0.29, 0.717) is 0 Å². The van der Waals surface area contributed by atoms with Gasteiger partial charge in [0.25, 0.3) is 0 Å². The normalized spacial score (nSPS) is 16.1. The molecule has 1 aliphatic heterocycles. The highest BCUT2D eigenvalue weighted by atomic mass is 35.5. The summed E-state index contributed by atoms with van der Waals surface area (Å²) in [4.78, 5) is 4.52. The third kappa shape index (κ3) is 1.73. The van der Waals surface area contributed by atoms with E-state index in [1.807, 2.05) is 25.1 Å². The molecule has 1 nitrogen and oxygen atoms in total. The van der Waals surface area contributed by atoms with Crippen molar-refractivity contribution in [3.8, 4) is 0 Å². The maximum Gasteiger partial charge on any atom is 0.0520 e. The lowest BCUT2D eigenvalue weighted by Gasteiger charge is -2.00. The number of hydrogen-bond acceptors (Lipinski definition) is 1. The quantitative estimate of drug-likeness (QED) is 0.661.